The van der Waals surface area contributed by atoms with E-state index in [4.69, 9.17) is 9.47 Å². The SMILES string of the molecule is CCCNC(=O)CNC(=NC)N1CCC(COCCOC)C1. The van der Waals surface area contributed by atoms with Crippen molar-refractivity contribution in [1.29, 1.82) is 0 Å². The van der Waals surface area contributed by atoms with Gasteiger partial charge in [-0.1, -0.05) is 6.92 Å². The maximum absolute atomic E-state index is 11.6. The van der Waals surface area contributed by atoms with Gasteiger partial charge in [0.05, 0.1) is 26.4 Å². The average Bonchev–Trinajstić information content (AvgIpc) is 2.99. The Morgan fingerprint density at radius 2 is 2.18 bits per heavy atom. The Balaban J connectivity index is 2.26. The molecular formula is C15H30N4O3. The van der Waals surface area contributed by atoms with Crippen molar-refractivity contribution in [3.63, 3.8) is 0 Å². The van der Waals surface area contributed by atoms with Crippen LogP contribution in [0.4, 0.5) is 0 Å². The first kappa shape index (κ1) is 18.7. The molecule has 1 saturated heterocycles. The standard InChI is InChI=1S/C15H30N4O3/c1-4-6-17-14(20)10-18-15(16-2)19-7-5-13(11-19)12-22-9-8-21-3/h13H,4-12H2,1-3H3,(H,16,18)(H,17,20). The van der Waals surface area contributed by atoms with E-state index in [-0.39, 0.29) is 12.5 Å². The van der Waals surface area contributed by atoms with Crippen molar-refractivity contribution < 1.29 is 14.3 Å². The van der Waals surface area contributed by atoms with Gasteiger partial charge in [-0.25, -0.2) is 0 Å². The van der Waals surface area contributed by atoms with E-state index < -0.39 is 0 Å². The Hall–Kier alpha value is -1.34. The number of carbonyl (C=O) groups excluding carboxylic acids is 1. The van der Waals surface area contributed by atoms with Gasteiger partial charge in [0, 0.05) is 39.7 Å². The molecule has 0 radical (unpaired) electrons. The lowest BCUT2D eigenvalue weighted by molar-refractivity contribution is -0.120. The van der Waals surface area contributed by atoms with Gasteiger partial charge in [-0.2, -0.15) is 0 Å². The highest BCUT2D eigenvalue weighted by Gasteiger charge is 2.25. The molecule has 128 valence electrons. The molecule has 1 amide bonds. The van der Waals surface area contributed by atoms with Gasteiger partial charge in [0.1, 0.15) is 0 Å². The molecule has 1 aliphatic rings. The predicted molar refractivity (Wildman–Crippen MR) is 87.0 cm³/mol. The van der Waals surface area contributed by atoms with Crippen LogP contribution in [0.5, 0.6) is 0 Å². The highest BCUT2D eigenvalue weighted by molar-refractivity contribution is 5.86. The fraction of sp³-hybridized carbons (Fsp3) is 0.867. The molecule has 0 spiro atoms. The number of ether oxygens (including phenoxy) is 2. The lowest BCUT2D eigenvalue weighted by Gasteiger charge is -2.21. The normalized spacial score (nSPS) is 18.6. The molecule has 0 bridgehead atoms. The number of aliphatic imine (C=N–C) groups is 1. The minimum absolute atomic E-state index is 0.00152. The first-order chi connectivity index (χ1) is 10.7. The van der Waals surface area contributed by atoms with Gasteiger partial charge >= 0.3 is 0 Å². The molecule has 1 heterocycles. The van der Waals surface area contributed by atoms with E-state index in [9.17, 15) is 4.79 Å². The van der Waals surface area contributed by atoms with Gasteiger partial charge in [0.2, 0.25) is 5.91 Å². The summed E-state index contributed by atoms with van der Waals surface area (Å²) in [7, 11) is 3.42. The number of hydrogen-bond donors (Lipinski definition) is 2. The molecule has 0 aromatic heterocycles. The minimum atomic E-state index is 0.00152. The van der Waals surface area contributed by atoms with Crippen LogP contribution in [0.3, 0.4) is 0 Å². The smallest absolute Gasteiger partial charge is 0.239 e. The van der Waals surface area contributed by atoms with Crippen LogP contribution in [0.15, 0.2) is 4.99 Å². The summed E-state index contributed by atoms with van der Waals surface area (Å²) in [5.41, 5.74) is 0. The summed E-state index contributed by atoms with van der Waals surface area (Å²) in [6.07, 6.45) is 2.02. The highest BCUT2D eigenvalue weighted by Crippen LogP contribution is 2.16. The lowest BCUT2D eigenvalue weighted by atomic mass is 10.1. The number of likely N-dealkylation sites (tertiary alicyclic amines) is 1. The molecule has 22 heavy (non-hydrogen) atoms. The number of guanidine groups is 1. The van der Waals surface area contributed by atoms with Crippen molar-refractivity contribution in [3.8, 4) is 0 Å². The maximum Gasteiger partial charge on any atom is 0.239 e. The van der Waals surface area contributed by atoms with Crippen LogP contribution >= 0.6 is 0 Å². The lowest BCUT2D eigenvalue weighted by Crippen LogP contribution is -2.44. The molecule has 1 fully saturated rings. The van der Waals surface area contributed by atoms with Crippen molar-refractivity contribution in [2.45, 2.75) is 19.8 Å². The zero-order chi connectivity index (χ0) is 16.2. The Morgan fingerprint density at radius 1 is 1.36 bits per heavy atom. The molecule has 0 saturated carbocycles. The third-order valence-corrected chi connectivity index (χ3v) is 3.56. The zero-order valence-corrected chi connectivity index (χ0v) is 14.1. The summed E-state index contributed by atoms with van der Waals surface area (Å²) in [5.74, 6) is 1.29. The fourth-order valence-corrected chi connectivity index (χ4v) is 2.37. The quantitative estimate of drug-likeness (QED) is 0.358. The van der Waals surface area contributed by atoms with Crippen LogP contribution in [0.25, 0.3) is 0 Å². The van der Waals surface area contributed by atoms with E-state index in [1.165, 1.54) is 0 Å². The van der Waals surface area contributed by atoms with Crippen LogP contribution < -0.4 is 10.6 Å². The molecule has 0 aromatic rings. The first-order valence-electron chi connectivity index (χ1n) is 8.00. The number of methoxy groups -OCH3 is 1. The highest BCUT2D eigenvalue weighted by atomic mass is 16.5. The fourth-order valence-electron chi connectivity index (χ4n) is 2.37. The summed E-state index contributed by atoms with van der Waals surface area (Å²) in [5, 5.41) is 5.96. The van der Waals surface area contributed by atoms with Crippen molar-refractivity contribution in [2.75, 3.05) is 60.2 Å². The number of amides is 1. The van der Waals surface area contributed by atoms with E-state index >= 15 is 0 Å². The van der Waals surface area contributed by atoms with E-state index in [0.717, 1.165) is 38.5 Å². The van der Waals surface area contributed by atoms with Gasteiger partial charge in [0.15, 0.2) is 5.96 Å². The number of nitrogens with one attached hydrogen (secondary N) is 2. The van der Waals surface area contributed by atoms with Gasteiger partial charge in [-0.3, -0.25) is 9.79 Å². The number of nitrogens with zero attached hydrogens (tertiary/aromatic N) is 2. The summed E-state index contributed by atoms with van der Waals surface area (Å²) in [6.45, 7) is 6.86. The molecule has 7 heteroatoms. The summed E-state index contributed by atoms with van der Waals surface area (Å²) in [6, 6.07) is 0. The third kappa shape index (κ3) is 7.09. The predicted octanol–water partition coefficient (Wildman–Crippen LogP) is 0.0729. The van der Waals surface area contributed by atoms with Crippen LogP contribution in [0, 0.1) is 5.92 Å². The molecule has 0 aromatic carbocycles. The Labute approximate surface area is 133 Å². The van der Waals surface area contributed by atoms with Gasteiger partial charge in [-0.15, -0.1) is 0 Å². The first-order valence-corrected chi connectivity index (χ1v) is 8.00. The van der Waals surface area contributed by atoms with Gasteiger partial charge in [-0.05, 0) is 12.8 Å². The van der Waals surface area contributed by atoms with Crippen LogP contribution in [0.2, 0.25) is 0 Å². The van der Waals surface area contributed by atoms with Crippen molar-refractivity contribution >= 4 is 11.9 Å². The molecule has 1 aliphatic heterocycles. The topological polar surface area (TPSA) is 75.2 Å². The van der Waals surface area contributed by atoms with Crippen LogP contribution in [-0.2, 0) is 14.3 Å². The Morgan fingerprint density at radius 3 is 2.86 bits per heavy atom. The molecule has 7 nitrogen and oxygen atoms in total. The van der Waals surface area contributed by atoms with Crippen LogP contribution in [0.1, 0.15) is 19.8 Å². The van der Waals surface area contributed by atoms with Crippen molar-refractivity contribution in [3.05, 3.63) is 0 Å². The molecule has 2 N–H and O–H groups in total. The summed E-state index contributed by atoms with van der Waals surface area (Å²) >= 11 is 0. The second-order valence-corrected chi connectivity index (χ2v) is 5.42. The monoisotopic (exact) mass is 314 g/mol. The third-order valence-electron chi connectivity index (χ3n) is 3.56. The van der Waals surface area contributed by atoms with Crippen molar-refractivity contribution in [2.24, 2.45) is 10.9 Å². The zero-order valence-electron chi connectivity index (χ0n) is 14.1. The average molecular weight is 314 g/mol. The summed E-state index contributed by atoms with van der Waals surface area (Å²) < 4.78 is 10.5. The Bertz CT molecular complexity index is 350. The molecular weight excluding hydrogens is 284 g/mol. The maximum atomic E-state index is 11.6. The van der Waals surface area contributed by atoms with Crippen molar-refractivity contribution in [1.82, 2.24) is 15.5 Å². The second kappa shape index (κ2) is 11.3. The molecule has 0 aliphatic carbocycles. The second-order valence-electron chi connectivity index (χ2n) is 5.42. The Kier molecular flexibility index (Phi) is 9.57. The van der Waals surface area contributed by atoms with Crippen LogP contribution in [-0.4, -0.2) is 76.9 Å². The van der Waals surface area contributed by atoms with E-state index in [1.807, 2.05) is 6.92 Å². The largest absolute Gasteiger partial charge is 0.382 e. The summed E-state index contributed by atoms with van der Waals surface area (Å²) in [4.78, 5) is 18.1. The minimum Gasteiger partial charge on any atom is -0.382 e. The van der Waals surface area contributed by atoms with E-state index in [0.29, 0.717) is 25.7 Å². The molecule has 1 unspecified atom stereocenters. The van der Waals surface area contributed by atoms with Gasteiger partial charge < -0.3 is 25.0 Å². The molecule has 1 rings (SSSR count). The number of hydrogen-bond acceptors (Lipinski definition) is 4. The molecule has 1 atom stereocenters. The van der Waals surface area contributed by atoms with E-state index in [2.05, 4.69) is 20.5 Å². The number of rotatable bonds is 9. The number of carbonyl (C=O) groups is 1. The van der Waals surface area contributed by atoms with Gasteiger partial charge in [0.25, 0.3) is 0 Å². The van der Waals surface area contributed by atoms with E-state index in [1.54, 1.807) is 14.2 Å².